The van der Waals surface area contributed by atoms with Gasteiger partial charge < -0.3 is 9.47 Å². The van der Waals surface area contributed by atoms with Gasteiger partial charge in [-0.15, -0.1) is 0 Å². The number of benzene rings is 1. The topological polar surface area (TPSA) is 70.0 Å². The van der Waals surface area contributed by atoms with E-state index in [0.29, 0.717) is 11.8 Å². The van der Waals surface area contributed by atoms with E-state index in [0.717, 1.165) is 17.8 Å². The molecule has 0 bridgehead atoms. The van der Waals surface area contributed by atoms with Crippen LogP contribution in [0.5, 0.6) is 11.8 Å². The van der Waals surface area contributed by atoms with Crippen LogP contribution < -0.4 is 9.47 Å². The smallest absolute Gasteiger partial charge is 0.232 e. The Morgan fingerprint density at radius 3 is 1.81 bits per heavy atom. The minimum atomic E-state index is 0.262. The van der Waals surface area contributed by atoms with Crippen molar-refractivity contribution in [3.63, 3.8) is 0 Å². The molecule has 1 fully saturated rings. The Morgan fingerprint density at radius 2 is 1.31 bits per heavy atom. The maximum atomic E-state index is 5.24. The molecule has 0 N–H and O–H groups in total. The molecule has 1 aromatic carbocycles. The second-order valence-corrected chi connectivity index (χ2v) is 6.36. The average molecular weight is 348 g/mol. The van der Waals surface area contributed by atoms with Crippen molar-refractivity contribution < 1.29 is 9.47 Å². The van der Waals surface area contributed by atoms with Gasteiger partial charge in [-0.3, -0.25) is 9.97 Å². The molecule has 2 unspecified atom stereocenters. The molecule has 6 nitrogen and oxygen atoms in total. The average Bonchev–Trinajstić information content (AvgIpc) is 2.68. The largest absolute Gasteiger partial charge is 0.480 e. The van der Waals surface area contributed by atoms with E-state index in [1.54, 1.807) is 26.6 Å². The second-order valence-electron chi connectivity index (χ2n) is 6.36. The second kappa shape index (κ2) is 7.07. The standard InChI is InChI=1S/C20H20N4O2/c1-25-18-11-21-9-16(23-18)14-8-15(17-10-22-12-19(24-17)26-2)20(14)13-6-4-3-5-7-13/h3-7,9-12,14-15,20H,8H2,1-2H3/t14-,15?,20?/m1/s1. The summed E-state index contributed by atoms with van der Waals surface area (Å²) < 4.78 is 10.5. The van der Waals surface area contributed by atoms with Gasteiger partial charge in [0.25, 0.3) is 0 Å². The lowest BCUT2D eigenvalue weighted by molar-refractivity contribution is 0.268. The van der Waals surface area contributed by atoms with Gasteiger partial charge in [-0.2, -0.15) is 0 Å². The van der Waals surface area contributed by atoms with Crippen molar-refractivity contribution >= 4 is 0 Å². The molecule has 6 heteroatoms. The Morgan fingerprint density at radius 1 is 0.769 bits per heavy atom. The lowest BCUT2D eigenvalue weighted by Gasteiger charge is -2.44. The Labute approximate surface area is 152 Å². The minimum absolute atomic E-state index is 0.262. The Balaban J connectivity index is 1.70. The fraction of sp³-hybridized carbons (Fsp3) is 0.300. The molecule has 3 aromatic rings. The fourth-order valence-electron chi connectivity index (χ4n) is 3.68. The first-order valence-electron chi connectivity index (χ1n) is 8.57. The SMILES string of the molecule is COc1cncc(C2C[C@H](c3cncc(OC)n3)C2c2ccccc2)n1. The molecule has 3 atom stereocenters. The number of nitrogens with zero attached hydrogens (tertiary/aromatic N) is 4. The van der Waals surface area contributed by atoms with E-state index < -0.39 is 0 Å². The molecule has 4 rings (SSSR count). The van der Waals surface area contributed by atoms with Crippen LogP contribution in [0.4, 0.5) is 0 Å². The third-order valence-electron chi connectivity index (χ3n) is 5.00. The predicted octanol–water partition coefficient (Wildman–Crippen LogP) is 3.34. The molecule has 0 spiro atoms. The number of hydrogen-bond acceptors (Lipinski definition) is 6. The summed E-state index contributed by atoms with van der Waals surface area (Å²) in [6.45, 7) is 0. The molecule has 26 heavy (non-hydrogen) atoms. The van der Waals surface area contributed by atoms with E-state index in [1.807, 2.05) is 18.5 Å². The zero-order valence-electron chi connectivity index (χ0n) is 14.7. The van der Waals surface area contributed by atoms with Crippen LogP contribution in [0.2, 0.25) is 0 Å². The van der Waals surface area contributed by atoms with Gasteiger partial charge in [-0.05, 0) is 12.0 Å². The molecule has 0 amide bonds. The van der Waals surface area contributed by atoms with Gasteiger partial charge in [-0.25, -0.2) is 9.97 Å². The van der Waals surface area contributed by atoms with Crippen LogP contribution >= 0.6 is 0 Å². The summed E-state index contributed by atoms with van der Waals surface area (Å²) in [5.41, 5.74) is 3.17. The maximum Gasteiger partial charge on any atom is 0.232 e. The van der Waals surface area contributed by atoms with Crippen molar-refractivity contribution in [2.45, 2.75) is 24.2 Å². The van der Waals surface area contributed by atoms with Crippen molar-refractivity contribution in [3.8, 4) is 11.8 Å². The van der Waals surface area contributed by atoms with Gasteiger partial charge in [0.1, 0.15) is 0 Å². The zero-order valence-corrected chi connectivity index (χ0v) is 14.7. The summed E-state index contributed by atoms with van der Waals surface area (Å²) >= 11 is 0. The number of ether oxygens (including phenoxy) is 2. The third kappa shape index (κ3) is 2.98. The summed E-state index contributed by atoms with van der Waals surface area (Å²) in [6, 6.07) is 10.5. The van der Waals surface area contributed by atoms with Crippen molar-refractivity contribution in [2.24, 2.45) is 0 Å². The van der Waals surface area contributed by atoms with Crippen LogP contribution in [-0.2, 0) is 0 Å². The summed E-state index contributed by atoms with van der Waals surface area (Å²) in [6.07, 6.45) is 7.85. The van der Waals surface area contributed by atoms with Crippen LogP contribution in [0.15, 0.2) is 55.1 Å². The highest BCUT2D eigenvalue weighted by Crippen LogP contribution is 2.57. The van der Waals surface area contributed by atoms with Crippen molar-refractivity contribution in [3.05, 3.63) is 72.1 Å². The van der Waals surface area contributed by atoms with E-state index >= 15 is 0 Å². The van der Waals surface area contributed by atoms with Gasteiger partial charge in [0.2, 0.25) is 11.8 Å². The highest BCUT2D eigenvalue weighted by atomic mass is 16.5. The van der Waals surface area contributed by atoms with E-state index in [2.05, 4.69) is 44.2 Å². The van der Waals surface area contributed by atoms with Crippen molar-refractivity contribution in [1.29, 1.82) is 0 Å². The van der Waals surface area contributed by atoms with Gasteiger partial charge in [0.15, 0.2) is 0 Å². The van der Waals surface area contributed by atoms with Crippen LogP contribution in [0.25, 0.3) is 0 Å². The molecule has 1 saturated carbocycles. The molecule has 1 aliphatic rings. The zero-order chi connectivity index (χ0) is 17.9. The fourth-order valence-corrected chi connectivity index (χ4v) is 3.68. The lowest BCUT2D eigenvalue weighted by atomic mass is 9.59. The third-order valence-corrected chi connectivity index (χ3v) is 5.00. The number of rotatable bonds is 5. The van der Waals surface area contributed by atoms with Crippen LogP contribution in [-0.4, -0.2) is 34.2 Å². The van der Waals surface area contributed by atoms with E-state index in [4.69, 9.17) is 9.47 Å². The monoisotopic (exact) mass is 348 g/mol. The molecule has 0 aliphatic heterocycles. The lowest BCUT2D eigenvalue weighted by Crippen LogP contribution is -2.32. The molecular weight excluding hydrogens is 328 g/mol. The van der Waals surface area contributed by atoms with Crippen LogP contribution in [0.3, 0.4) is 0 Å². The van der Waals surface area contributed by atoms with Crippen LogP contribution in [0, 0.1) is 0 Å². The van der Waals surface area contributed by atoms with Gasteiger partial charge in [0, 0.05) is 30.1 Å². The van der Waals surface area contributed by atoms with E-state index in [-0.39, 0.29) is 17.8 Å². The van der Waals surface area contributed by atoms with E-state index in [9.17, 15) is 0 Å². The summed E-state index contributed by atoms with van der Waals surface area (Å²) in [5.74, 6) is 1.87. The van der Waals surface area contributed by atoms with Gasteiger partial charge in [-0.1, -0.05) is 30.3 Å². The summed E-state index contributed by atoms with van der Waals surface area (Å²) in [5, 5.41) is 0. The molecule has 2 heterocycles. The highest BCUT2D eigenvalue weighted by Gasteiger charge is 2.45. The van der Waals surface area contributed by atoms with Crippen molar-refractivity contribution in [1.82, 2.24) is 19.9 Å². The van der Waals surface area contributed by atoms with Gasteiger partial charge in [0.05, 0.1) is 38.0 Å². The minimum Gasteiger partial charge on any atom is -0.480 e. The van der Waals surface area contributed by atoms with Crippen molar-refractivity contribution in [2.75, 3.05) is 14.2 Å². The first kappa shape index (κ1) is 16.4. The molecule has 0 radical (unpaired) electrons. The summed E-state index contributed by atoms with van der Waals surface area (Å²) in [7, 11) is 3.22. The maximum absolute atomic E-state index is 5.24. The number of methoxy groups -OCH3 is 2. The van der Waals surface area contributed by atoms with Gasteiger partial charge >= 0.3 is 0 Å². The molecule has 1 aliphatic carbocycles. The highest BCUT2D eigenvalue weighted by molar-refractivity contribution is 5.36. The predicted molar refractivity (Wildman–Crippen MR) is 96.5 cm³/mol. The first-order chi connectivity index (χ1) is 12.8. The molecule has 2 aromatic heterocycles. The first-order valence-corrected chi connectivity index (χ1v) is 8.57. The quantitative estimate of drug-likeness (QED) is 0.704. The van der Waals surface area contributed by atoms with Crippen LogP contribution in [0.1, 0.15) is 41.1 Å². The Bertz CT molecular complexity index is 834. The molecule has 132 valence electrons. The molecular formula is C20H20N4O2. The molecule has 0 saturated heterocycles. The van der Waals surface area contributed by atoms with E-state index in [1.165, 1.54) is 5.56 Å². The Kier molecular flexibility index (Phi) is 4.48. The number of hydrogen-bond donors (Lipinski definition) is 0. The summed E-state index contributed by atoms with van der Waals surface area (Å²) in [4.78, 5) is 17.8. The Hall–Kier alpha value is -3.02. The number of aromatic nitrogens is 4. The normalized spacial score (nSPS) is 21.7.